The monoisotopic (exact) mass is 469 g/mol. The van der Waals surface area contributed by atoms with Gasteiger partial charge in [-0.2, -0.15) is 0 Å². The molecule has 0 aliphatic carbocycles. The summed E-state index contributed by atoms with van der Waals surface area (Å²) >= 11 is 0. The van der Waals surface area contributed by atoms with Crippen molar-refractivity contribution in [2.24, 2.45) is 0 Å². The predicted molar refractivity (Wildman–Crippen MR) is 120 cm³/mol. The SMILES string of the molecule is O=C(NC(CO)C(=O)N1CCCN(C(=O)OCc2ccccc2)CC1)c1ccc2c(c1)OCO2. The van der Waals surface area contributed by atoms with Crippen molar-refractivity contribution < 1.29 is 33.7 Å². The van der Waals surface area contributed by atoms with Gasteiger partial charge in [-0.05, 0) is 30.2 Å². The maximum absolute atomic E-state index is 13.0. The third kappa shape index (κ3) is 5.57. The Hall–Kier alpha value is -3.79. The van der Waals surface area contributed by atoms with Gasteiger partial charge in [0.2, 0.25) is 12.7 Å². The van der Waals surface area contributed by atoms with Crippen LogP contribution < -0.4 is 14.8 Å². The van der Waals surface area contributed by atoms with Gasteiger partial charge in [0.15, 0.2) is 11.5 Å². The van der Waals surface area contributed by atoms with Crippen molar-refractivity contribution in [1.29, 1.82) is 0 Å². The average molecular weight is 469 g/mol. The molecule has 10 nitrogen and oxygen atoms in total. The molecule has 1 atom stereocenters. The number of hydrogen-bond acceptors (Lipinski definition) is 7. The molecule has 34 heavy (non-hydrogen) atoms. The van der Waals surface area contributed by atoms with Crippen LogP contribution >= 0.6 is 0 Å². The number of nitrogens with one attached hydrogen (secondary N) is 1. The molecule has 2 N–H and O–H groups in total. The molecular weight excluding hydrogens is 442 g/mol. The van der Waals surface area contributed by atoms with Crippen molar-refractivity contribution in [2.75, 3.05) is 39.6 Å². The van der Waals surface area contributed by atoms with Crippen molar-refractivity contribution in [3.05, 3.63) is 59.7 Å². The van der Waals surface area contributed by atoms with Gasteiger partial charge in [0.1, 0.15) is 12.6 Å². The largest absolute Gasteiger partial charge is 0.454 e. The Morgan fingerprint density at radius 1 is 0.971 bits per heavy atom. The number of carbonyl (C=O) groups excluding carboxylic acids is 3. The first kappa shape index (κ1) is 23.4. The highest BCUT2D eigenvalue weighted by Crippen LogP contribution is 2.32. The lowest BCUT2D eigenvalue weighted by molar-refractivity contribution is -0.134. The third-order valence-corrected chi connectivity index (χ3v) is 5.69. The zero-order chi connectivity index (χ0) is 23.9. The number of nitrogens with zero attached hydrogens (tertiary/aromatic N) is 2. The van der Waals surface area contributed by atoms with E-state index in [1.54, 1.807) is 21.9 Å². The van der Waals surface area contributed by atoms with Gasteiger partial charge in [-0.25, -0.2) is 4.79 Å². The summed E-state index contributed by atoms with van der Waals surface area (Å²) in [7, 11) is 0. The standard InChI is InChI=1S/C24H27N3O7/c28-14-19(25-22(29)18-7-8-20-21(13-18)34-16-33-20)23(30)26-9-4-10-27(12-11-26)24(31)32-15-17-5-2-1-3-6-17/h1-3,5-8,13,19,28H,4,9-12,14-16H2,(H,25,29). The summed E-state index contributed by atoms with van der Waals surface area (Å²) in [5.74, 6) is 0.0803. The smallest absolute Gasteiger partial charge is 0.410 e. The second-order valence-corrected chi connectivity index (χ2v) is 7.98. The Morgan fingerprint density at radius 2 is 1.71 bits per heavy atom. The van der Waals surface area contributed by atoms with Crippen molar-refractivity contribution in [2.45, 2.75) is 19.1 Å². The molecule has 2 heterocycles. The normalized spacial score (nSPS) is 15.9. The van der Waals surface area contributed by atoms with Gasteiger partial charge >= 0.3 is 6.09 Å². The Bertz CT molecular complexity index is 1030. The Labute approximate surface area is 197 Å². The molecule has 0 radical (unpaired) electrons. The van der Waals surface area contributed by atoms with Crippen LogP contribution in [0.15, 0.2) is 48.5 Å². The Kier molecular flexibility index (Phi) is 7.48. The van der Waals surface area contributed by atoms with Crippen LogP contribution in [-0.4, -0.2) is 78.4 Å². The summed E-state index contributed by atoms with van der Waals surface area (Å²) < 4.78 is 15.9. The highest BCUT2D eigenvalue weighted by Gasteiger charge is 2.29. The van der Waals surface area contributed by atoms with Gasteiger partial charge in [0.05, 0.1) is 6.61 Å². The maximum Gasteiger partial charge on any atom is 0.410 e. The van der Waals surface area contributed by atoms with Crippen LogP contribution in [0.2, 0.25) is 0 Å². The lowest BCUT2D eigenvalue weighted by atomic mass is 10.1. The molecule has 2 aliphatic rings. The molecule has 180 valence electrons. The summed E-state index contributed by atoms with van der Waals surface area (Å²) in [6.07, 6.45) is 0.119. The maximum atomic E-state index is 13.0. The molecular formula is C24H27N3O7. The molecule has 0 spiro atoms. The number of rotatable bonds is 6. The number of ether oxygens (including phenoxy) is 3. The van der Waals surface area contributed by atoms with Gasteiger partial charge in [-0.3, -0.25) is 9.59 Å². The minimum Gasteiger partial charge on any atom is -0.454 e. The molecule has 10 heteroatoms. The number of hydrogen-bond donors (Lipinski definition) is 2. The highest BCUT2D eigenvalue weighted by molar-refractivity contribution is 5.98. The number of fused-ring (bicyclic) bond motifs is 1. The average Bonchev–Trinajstić information content (AvgIpc) is 3.20. The fourth-order valence-electron chi connectivity index (χ4n) is 3.82. The predicted octanol–water partition coefficient (Wildman–Crippen LogP) is 1.38. The molecule has 1 fully saturated rings. The van der Waals surface area contributed by atoms with Gasteiger partial charge in [-0.15, -0.1) is 0 Å². The molecule has 2 aromatic rings. The number of amides is 3. The topological polar surface area (TPSA) is 118 Å². The number of benzene rings is 2. The van der Waals surface area contributed by atoms with E-state index in [9.17, 15) is 19.5 Å². The number of aliphatic hydroxyl groups is 1. The fourth-order valence-corrected chi connectivity index (χ4v) is 3.82. The van der Waals surface area contributed by atoms with Crippen LogP contribution in [0.4, 0.5) is 4.79 Å². The minimum atomic E-state index is -1.10. The van der Waals surface area contributed by atoms with E-state index < -0.39 is 30.6 Å². The molecule has 2 aliphatic heterocycles. The first-order valence-corrected chi connectivity index (χ1v) is 11.1. The molecule has 2 aromatic carbocycles. The van der Waals surface area contributed by atoms with Crippen LogP contribution in [0.1, 0.15) is 22.3 Å². The van der Waals surface area contributed by atoms with E-state index in [-0.39, 0.29) is 19.9 Å². The first-order valence-electron chi connectivity index (χ1n) is 11.1. The molecule has 0 bridgehead atoms. The van der Waals surface area contributed by atoms with E-state index in [1.165, 1.54) is 6.07 Å². The summed E-state index contributed by atoms with van der Waals surface area (Å²) in [5.41, 5.74) is 1.19. The summed E-state index contributed by atoms with van der Waals surface area (Å²) in [6, 6.07) is 13.0. The summed E-state index contributed by atoms with van der Waals surface area (Å²) in [5, 5.41) is 12.4. The van der Waals surface area contributed by atoms with Gasteiger partial charge < -0.3 is 34.4 Å². The van der Waals surface area contributed by atoms with Crippen molar-refractivity contribution in [3.63, 3.8) is 0 Å². The third-order valence-electron chi connectivity index (χ3n) is 5.69. The van der Waals surface area contributed by atoms with Crippen molar-refractivity contribution in [3.8, 4) is 11.5 Å². The zero-order valence-electron chi connectivity index (χ0n) is 18.6. The van der Waals surface area contributed by atoms with E-state index in [0.29, 0.717) is 43.1 Å². The molecule has 3 amide bonds. The molecule has 0 aromatic heterocycles. The molecule has 1 saturated heterocycles. The Balaban J connectivity index is 1.30. The molecule has 0 saturated carbocycles. The van der Waals surface area contributed by atoms with E-state index in [1.807, 2.05) is 30.3 Å². The van der Waals surface area contributed by atoms with Crippen molar-refractivity contribution >= 4 is 17.9 Å². The summed E-state index contributed by atoms with van der Waals surface area (Å²) in [6.45, 7) is 1.14. The highest BCUT2D eigenvalue weighted by atomic mass is 16.7. The van der Waals surface area contributed by atoms with Crippen LogP contribution in [0, 0.1) is 0 Å². The first-order chi connectivity index (χ1) is 16.5. The molecule has 1 unspecified atom stereocenters. The minimum absolute atomic E-state index is 0.0872. The van der Waals surface area contributed by atoms with Crippen LogP contribution in [0.25, 0.3) is 0 Å². The second kappa shape index (κ2) is 10.9. The summed E-state index contributed by atoms with van der Waals surface area (Å²) in [4.78, 5) is 41.2. The van der Waals surface area contributed by atoms with E-state index in [4.69, 9.17) is 14.2 Å². The van der Waals surface area contributed by atoms with Gasteiger partial charge in [0, 0.05) is 31.7 Å². The van der Waals surface area contributed by atoms with Crippen LogP contribution in [0.5, 0.6) is 11.5 Å². The van der Waals surface area contributed by atoms with Crippen LogP contribution in [0.3, 0.4) is 0 Å². The van der Waals surface area contributed by atoms with Gasteiger partial charge in [-0.1, -0.05) is 30.3 Å². The van der Waals surface area contributed by atoms with Crippen molar-refractivity contribution in [1.82, 2.24) is 15.1 Å². The number of carbonyl (C=O) groups is 3. The Morgan fingerprint density at radius 3 is 2.50 bits per heavy atom. The van der Waals surface area contributed by atoms with Gasteiger partial charge in [0.25, 0.3) is 5.91 Å². The van der Waals surface area contributed by atoms with Crippen LogP contribution in [-0.2, 0) is 16.1 Å². The van der Waals surface area contributed by atoms with E-state index in [2.05, 4.69) is 5.32 Å². The fraction of sp³-hybridized carbons (Fsp3) is 0.375. The zero-order valence-corrected chi connectivity index (χ0v) is 18.6. The lowest BCUT2D eigenvalue weighted by Crippen LogP contribution is -2.51. The second-order valence-electron chi connectivity index (χ2n) is 7.98. The lowest BCUT2D eigenvalue weighted by Gasteiger charge is -2.26. The quantitative estimate of drug-likeness (QED) is 0.656. The van der Waals surface area contributed by atoms with E-state index >= 15 is 0 Å². The number of aliphatic hydroxyl groups excluding tert-OH is 1. The van der Waals surface area contributed by atoms with E-state index in [0.717, 1.165) is 5.56 Å². The molecule has 4 rings (SSSR count).